The third kappa shape index (κ3) is 3.05. The fourth-order valence-electron chi connectivity index (χ4n) is 1.73. The van der Waals surface area contributed by atoms with Gasteiger partial charge in [-0.3, -0.25) is 0 Å². The number of H-pyrrole nitrogens is 1. The number of aromatic nitrogens is 5. The minimum Gasteiger partial charge on any atom is -0.419 e. The number of hydrogen-bond acceptors (Lipinski definition) is 7. The van der Waals surface area contributed by atoms with Crippen molar-refractivity contribution in [3.05, 3.63) is 35.7 Å². The minimum atomic E-state index is -0.0631. The molecule has 0 aliphatic carbocycles. The molecule has 0 aliphatic rings. The van der Waals surface area contributed by atoms with E-state index in [1.807, 2.05) is 38.1 Å². The first-order chi connectivity index (χ1) is 10.1. The third-order valence-corrected chi connectivity index (χ3v) is 3.80. The molecule has 108 valence electrons. The molecule has 0 fully saturated rings. The highest BCUT2D eigenvalue weighted by Crippen LogP contribution is 2.33. The summed E-state index contributed by atoms with van der Waals surface area (Å²) in [7, 11) is 0. The Balaban J connectivity index is 1.76. The Kier molecular flexibility index (Phi) is 3.61. The zero-order valence-electron chi connectivity index (χ0n) is 11.6. The van der Waals surface area contributed by atoms with Gasteiger partial charge in [0.15, 0.2) is 0 Å². The fraction of sp³-hybridized carbons (Fsp3) is 0.231. The summed E-state index contributed by atoms with van der Waals surface area (Å²) in [6.45, 7) is 3.98. The Morgan fingerprint density at radius 3 is 2.67 bits per heavy atom. The number of benzene rings is 1. The van der Waals surface area contributed by atoms with Crippen LogP contribution >= 0.6 is 11.8 Å². The first-order valence-corrected chi connectivity index (χ1v) is 7.25. The van der Waals surface area contributed by atoms with E-state index in [9.17, 15) is 0 Å². The summed E-state index contributed by atoms with van der Waals surface area (Å²) >= 11 is 1.40. The van der Waals surface area contributed by atoms with Crippen molar-refractivity contribution in [2.75, 3.05) is 5.73 Å². The maximum Gasteiger partial charge on any atom is 0.247 e. The van der Waals surface area contributed by atoms with Crippen LogP contribution in [0.2, 0.25) is 0 Å². The molecule has 0 radical (unpaired) electrons. The number of hydrogen-bond donors (Lipinski definition) is 2. The minimum absolute atomic E-state index is 0.0631. The monoisotopic (exact) mass is 302 g/mol. The Morgan fingerprint density at radius 2 is 2.00 bits per heavy atom. The van der Waals surface area contributed by atoms with E-state index in [0.717, 1.165) is 5.56 Å². The average molecular weight is 302 g/mol. The van der Waals surface area contributed by atoms with Crippen molar-refractivity contribution in [1.29, 1.82) is 0 Å². The van der Waals surface area contributed by atoms with E-state index in [4.69, 9.17) is 10.2 Å². The smallest absolute Gasteiger partial charge is 0.247 e. The van der Waals surface area contributed by atoms with Crippen LogP contribution in [0.15, 0.2) is 33.8 Å². The number of thioether (sulfide) groups is 1. The van der Waals surface area contributed by atoms with Gasteiger partial charge >= 0.3 is 0 Å². The van der Waals surface area contributed by atoms with Gasteiger partial charge in [-0.15, -0.1) is 15.3 Å². The predicted octanol–water partition coefficient (Wildman–Crippen LogP) is 2.60. The zero-order chi connectivity index (χ0) is 14.8. The maximum absolute atomic E-state index is 5.71. The largest absolute Gasteiger partial charge is 0.419 e. The molecule has 1 atom stereocenters. The van der Waals surface area contributed by atoms with E-state index >= 15 is 0 Å². The van der Waals surface area contributed by atoms with Crippen LogP contribution in [-0.2, 0) is 0 Å². The lowest BCUT2D eigenvalue weighted by molar-refractivity contribution is 0.509. The number of nitrogens with two attached hydrogens (primary N) is 1. The quantitative estimate of drug-likeness (QED) is 0.713. The second-order valence-corrected chi connectivity index (χ2v) is 5.88. The summed E-state index contributed by atoms with van der Waals surface area (Å²) in [6, 6.07) is 7.93. The lowest BCUT2D eigenvalue weighted by Gasteiger charge is -2.02. The third-order valence-electron chi connectivity index (χ3n) is 2.85. The lowest BCUT2D eigenvalue weighted by Crippen LogP contribution is -1.90. The van der Waals surface area contributed by atoms with Gasteiger partial charge < -0.3 is 10.2 Å². The Labute approximate surface area is 125 Å². The molecular weight excluding hydrogens is 288 g/mol. The maximum atomic E-state index is 5.71. The van der Waals surface area contributed by atoms with Gasteiger partial charge in [-0.1, -0.05) is 29.5 Å². The normalized spacial score (nSPS) is 12.5. The molecule has 0 aliphatic heterocycles. The summed E-state index contributed by atoms with van der Waals surface area (Å²) in [4.78, 5) is 4.04. The van der Waals surface area contributed by atoms with E-state index in [1.165, 1.54) is 17.3 Å². The molecule has 0 spiro atoms. The zero-order valence-corrected chi connectivity index (χ0v) is 12.4. The molecule has 0 saturated heterocycles. The van der Waals surface area contributed by atoms with Gasteiger partial charge in [0.25, 0.3) is 0 Å². The van der Waals surface area contributed by atoms with Gasteiger partial charge in [0.2, 0.25) is 22.9 Å². The van der Waals surface area contributed by atoms with Crippen LogP contribution in [0, 0.1) is 6.92 Å². The van der Waals surface area contributed by atoms with Gasteiger partial charge in [-0.2, -0.15) is 4.98 Å². The van der Waals surface area contributed by atoms with Crippen molar-refractivity contribution in [3.63, 3.8) is 0 Å². The first kappa shape index (κ1) is 13.6. The number of aryl methyl sites for hydroxylation is 1. The highest BCUT2D eigenvalue weighted by Gasteiger charge is 2.18. The van der Waals surface area contributed by atoms with E-state index in [0.29, 0.717) is 16.9 Å². The number of nitrogens with zero attached hydrogens (tertiary/aromatic N) is 4. The number of aromatic amines is 1. The Hall–Kier alpha value is -2.35. The standard InChI is InChI=1S/C13H14N6OS/c1-7-3-5-9(6-4-7)11-17-16-10(20-11)8(2)21-13-15-12(14)18-19-13/h3-6,8H,1-2H3,(H3,14,15,18,19)/t8-/m1/s1. The van der Waals surface area contributed by atoms with Crippen molar-refractivity contribution in [1.82, 2.24) is 25.4 Å². The molecule has 1 aromatic carbocycles. The highest BCUT2D eigenvalue weighted by atomic mass is 32.2. The van der Waals surface area contributed by atoms with Crippen LogP contribution in [0.5, 0.6) is 0 Å². The summed E-state index contributed by atoms with van der Waals surface area (Å²) in [5.41, 5.74) is 7.58. The molecule has 0 amide bonds. The molecule has 7 nitrogen and oxygen atoms in total. The van der Waals surface area contributed by atoms with Gasteiger partial charge in [0.05, 0.1) is 5.25 Å². The number of rotatable bonds is 4. The van der Waals surface area contributed by atoms with Crippen LogP contribution in [0.25, 0.3) is 11.5 Å². The van der Waals surface area contributed by atoms with Crippen molar-refractivity contribution in [2.45, 2.75) is 24.3 Å². The van der Waals surface area contributed by atoms with E-state index in [1.54, 1.807) is 0 Å². The van der Waals surface area contributed by atoms with E-state index in [2.05, 4.69) is 25.4 Å². The summed E-state index contributed by atoms with van der Waals surface area (Å²) < 4.78 is 5.71. The number of nitrogen functional groups attached to an aromatic ring is 1. The van der Waals surface area contributed by atoms with Crippen LogP contribution in [0.3, 0.4) is 0 Å². The summed E-state index contributed by atoms with van der Waals surface area (Å²) in [5.74, 6) is 1.32. The Morgan fingerprint density at radius 1 is 1.24 bits per heavy atom. The summed E-state index contributed by atoms with van der Waals surface area (Å²) in [5, 5.41) is 15.2. The molecule has 0 bridgehead atoms. The molecule has 3 aromatic rings. The summed E-state index contributed by atoms with van der Waals surface area (Å²) in [6.07, 6.45) is 0. The van der Waals surface area contributed by atoms with Crippen molar-refractivity contribution >= 4 is 17.7 Å². The predicted molar refractivity (Wildman–Crippen MR) is 79.5 cm³/mol. The van der Waals surface area contributed by atoms with Gasteiger partial charge in [0.1, 0.15) is 0 Å². The van der Waals surface area contributed by atoms with Gasteiger partial charge in [0, 0.05) is 5.56 Å². The molecule has 21 heavy (non-hydrogen) atoms. The molecular formula is C13H14N6OS. The van der Waals surface area contributed by atoms with Crippen LogP contribution in [-0.4, -0.2) is 25.4 Å². The van der Waals surface area contributed by atoms with Crippen molar-refractivity contribution in [2.24, 2.45) is 0 Å². The molecule has 3 N–H and O–H groups in total. The molecule has 0 saturated carbocycles. The number of nitrogens with one attached hydrogen (secondary N) is 1. The average Bonchev–Trinajstić information content (AvgIpc) is 3.09. The van der Waals surface area contributed by atoms with Crippen LogP contribution in [0.4, 0.5) is 5.95 Å². The molecule has 2 aromatic heterocycles. The second-order valence-electron chi connectivity index (χ2n) is 4.57. The van der Waals surface area contributed by atoms with Crippen LogP contribution in [0.1, 0.15) is 23.6 Å². The van der Waals surface area contributed by atoms with Crippen molar-refractivity contribution < 1.29 is 4.42 Å². The first-order valence-electron chi connectivity index (χ1n) is 6.37. The second kappa shape index (κ2) is 5.57. The molecule has 2 heterocycles. The number of anilines is 1. The highest BCUT2D eigenvalue weighted by molar-refractivity contribution is 7.99. The van der Waals surface area contributed by atoms with E-state index in [-0.39, 0.29) is 11.2 Å². The van der Waals surface area contributed by atoms with E-state index < -0.39 is 0 Å². The molecule has 8 heteroatoms. The molecule has 0 unspecified atom stereocenters. The van der Waals surface area contributed by atoms with Crippen molar-refractivity contribution in [3.8, 4) is 11.5 Å². The van der Waals surface area contributed by atoms with Crippen LogP contribution < -0.4 is 5.73 Å². The van der Waals surface area contributed by atoms with Gasteiger partial charge in [-0.25, -0.2) is 5.10 Å². The van der Waals surface area contributed by atoms with Gasteiger partial charge in [-0.05, 0) is 26.0 Å². The lowest BCUT2D eigenvalue weighted by atomic mass is 10.1. The molecule has 3 rings (SSSR count). The fourth-order valence-corrected chi connectivity index (χ4v) is 2.49. The topological polar surface area (TPSA) is 107 Å². The Bertz CT molecular complexity index is 735. The SMILES string of the molecule is Cc1ccc(-c2nnc([C@@H](C)Sc3n[nH]c(N)n3)o2)cc1.